The Balaban J connectivity index is 3.63. The lowest BCUT2D eigenvalue weighted by molar-refractivity contribution is 0.223. The van der Waals surface area contributed by atoms with Crippen molar-refractivity contribution in [2.75, 3.05) is 26.4 Å². The Labute approximate surface area is 304 Å². The highest BCUT2D eigenvalue weighted by Gasteiger charge is 2.57. The maximum Gasteiger partial charge on any atom is 0.317 e. The van der Waals surface area contributed by atoms with Crippen LogP contribution in [-0.2, 0) is 34.2 Å². The molecule has 16 heteroatoms. The third-order valence-electron chi connectivity index (χ3n) is 8.82. The summed E-state index contributed by atoms with van der Waals surface area (Å²) in [5.41, 5.74) is 0. The predicted molar refractivity (Wildman–Crippen MR) is 224 cm³/mol. The van der Waals surface area contributed by atoms with Crippen molar-refractivity contribution in [1.82, 2.24) is 0 Å². The third kappa shape index (κ3) is 18.2. The number of hydrogen-bond acceptors (Lipinski definition) is 8. The van der Waals surface area contributed by atoms with E-state index in [4.69, 9.17) is 34.2 Å². The minimum absolute atomic E-state index is 0.569. The Hall–Kier alpha value is 0.375. The van der Waals surface area contributed by atoms with Crippen LogP contribution in [0.4, 0.5) is 0 Å². The second-order valence-electron chi connectivity index (χ2n) is 16.4. The number of hydrogen-bond donors (Lipinski definition) is 0. The molecule has 1 heterocycles. The standard InChI is InChI=1S/C32H72O8Si8/c1-17-21-33-41(5,6)25-29-45(13)37-46(14,30-26-42(7,8)34-22-18-2)39-48(16,32-28-44(11,12)36-24-20-4)40-47(15,38-45)31-27-43(9,10)35-23-19-3/h17-20H,1-4,21-32H2,5-16H3. The smallest absolute Gasteiger partial charge is 0.317 e. The molecular weight excluding hydrogens is 737 g/mol. The Bertz CT molecular complexity index is 872. The minimum atomic E-state index is -2.81. The van der Waals surface area contributed by atoms with Crippen LogP contribution in [0.5, 0.6) is 0 Å². The van der Waals surface area contributed by atoms with E-state index in [9.17, 15) is 0 Å². The molecule has 1 saturated heterocycles. The van der Waals surface area contributed by atoms with Gasteiger partial charge in [0.15, 0.2) is 33.3 Å². The lowest BCUT2D eigenvalue weighted by Gasteiger charge is -2.51. The zero-order valence-corrected chi connectivity index (χ0v) is 40.9. The third-order valence-corrected chi connectivity index (χ3v) is 38.9. The summed E-state index contributed by atoms with van der Waals surface area (Å²) in [5.74, 6) is 0. The van der Waals surface area contributed by atoms with Crippen LogP contribution in [0.1, 0.15) is 0 Å². The highest BCUT2D eigenvalue weighted by Crippen LogP contribution is 2.41. The van der Waals surface area contributed by atoms with E-state index in [0.29, 0.717) is 26.4 Å². The normalized spacial score (nSPS) is 27.6. The van der Waals surface area contributed by atoms with Crippen molar-refractivity contribution in [2.45, 2.75) is 127 Å². The maximum atomic E-state index is 7.50. The molecule has 0 atom stereocenters. The van der Waals surface area contributed by atoms with E-state index in [1.54, 1.807) is 0 Å². The first kappa shape index (κ1) is 46.4. The Morgan fingerprint density at radius 1 is 0.396 bits per heavy atom. The van der Waals surface area contributed by atoms with Crippen molar-refractivity contribution < 1.29 is 34.2 Å². The van der Waals surface area contributed by atoms with Crippen molar-refractivity contribution in [3.05, 3.63) is 50.6 Å². The Kier molecular flexibility index (Phi) is 18.8. The van der Waals surface area contributed by atoms with Gasteiger partial charge in [-0.25, -0.2) is 0 Å². The molecule has 280 valence electrons. The van der Waals surface area contributed by atoms with Gasteiger partial charge in [-0.05, 0) is 127 Å². The lowest BCUT2D eigenvalue weighted by Crippen LogP contribution is -2.68. The molecule has 0 N–H and O–H groups in total. The zero-order chi connectivity index (χ0) is 37.0. The molecular formula is C32H72O8Si8. The van der Waals surface area contributed by atoms with Crippen molar-refractivity contribution in [3.8, 4) is 0 Å². The summed E-state index contributed by atoms with van der Waals surface area (Å²) in [4.78, 5) is 0. The molecule has 1 aliphatic heterocycles. The van der Waals surface area contributed by atoms with Gasteiger partial charge in [-0.15, -0.1) is 26.3 Å². The molecule has 0 unspecified atom stereocenters. The van der Waals surface area contributed by atoms with Crippen LogP contribution in [0.15, 0.2) is 50.6 Å². The highest BCUT2D eigenvalue weighted by atomic mass is 28.5. The second-order valence-corrected chi connectivity index (χ2v) is 47.9. The first-order valence-corrected chi connectivity index (χ1v) is 40.3. The Morgan fingerprint density at radius 3 is 0.708 bits per heavy atom. The molecule has 0 aromatic carbocycles. The van der Waals surface area contributed by atoms with E-state index in [1.807, 2.05) is 24.3 Å². The first-order valence-electron chi connectivity index (χ1n) is 17.7. The number of rotatable bonds is 24. The molecule has 0 aromatic rings. The molecule has 0 saturated carbocycles. The quantitative estimate of drug-likeness (QED) is 0.0705. The molecule has 1 fully saturated rings. The van der Waals surface area contributed by atoms with Crippen LogP contribution >= 0.6 is 0 Å². The van der Waals surface area contributed by atoms with Crippen molar-refractivity contribution in [2.24, 2.45) is 0 Å². The summed E-state index contributed by atoms with van der Waals surface area (Å²) < 4.78 is 55.2. The molecule has 0 radical (unpaired) electrons. The van der Waals surface area contributed by atoms with Gasteiger partial charge < -0.3 is 34.2 Å². The lowest BCUT2D eigenvalue weighted by atomic mass is 10.7. The van der Waals surface area contributed by atoms with E-state index in [0.717, 1.165) is 48.4 Å². The summed E-state index contributed by atoms with van der Waals surface area (Å²) in [6.07, 6.45) is 7.35. The van der Waals surface area contributed by atoms with Gasteiger partial charge in [0.2, 0.25) is 0 Å². The van der Waals surface area contributed by atoms with Crippen molar-refractivity contribution in [1.29, 1.82) is 0 Å². The Morgan fingerprint density at radius 2 is 0.562 bits per heavy atom. The van der Waals surface area contributed by atoms with E-state index in [1.165, 1.54) is 0 Å². The van der Waals surface area contributed by atoms with Gasteiger partial charge in [-0.1, -0.05) is 24.3 Å². The average molecular weight is 810 g/mol. The average Bonchev–Trinajstić information content (AvgIpc) is 2.97. The molecule has 1 aliphatic rings. The van der Waals surface area contributed by atoms with Crippen LogP contribution in [0, 0.1) is 0 Å². The van der Waals surface area contributed by atoms with E-state index >= 15 is 0 Å². The summed E-state index contributed by atoms with van der Waals surface area (Å²) in [5, 5.41) is 0. The van der Waals surface area contributed by atoms with Crippen LogP contribution in [0.3, 0.4) is 0 Å². The highest BCUT2D eigenvalue weighted by molar-refractivity contribution is 6.95. The van der Waals surface area contributed by atoms with E-state index < -0.39 is 67.5 Å². The van der Waals surface area contributed by atoms with Gasteiger partial charge >= 0.3 is 34.2 Å². The summed E-state index contributed by atoms with van der Waals surface area (Å²) in [6, 6.07) is 7.15. The molecule has 8 nitrogen and oxygen atoms in total. The second kappa shape index (κ2) is 19.5. The predicted octanol–water partition coefficient (Wildman–Crippen LogP) is 9.99. The molecule has 48 heavy (non-hydrogen) atoms. The van der Waals surface area contributed by atoms with Crippen LogP contribution in [0.2, 0.25) is 127 Å². The van der Waals surface area contributed by atoms with Crippen LogP contribution in [-0.4, -0.2) is 93.9 Å². The minimum Gasteiger partial charge on any atom is -0.416 e. The largest absolute Gasteiger partial charge is 0.416 e. The molecule has 0 aromatic heterocycles. The summed E-state index contributed by atoms with van der Waals surface area (Å²) in [6.45, 7) is 45.0. The maximum absolute atomic E-state index is 7.50. The van der Waals surface area contributed by atoms with Crippen molar-refractivity contribution >= 4 is 67.5 Å². The zero-order valence-electron chi connectivity index (χ0n) is 32.9. The fourth-order valence-electron chi connectivity index (χ4n) is 5.86. The molecule has 0 aliphatic carbocycles. The van der Waals surface area contributed by atoms with E-state index in [-0.39, 0.29) is 0 Å². The monoisotopic (exact) mass is 808 g/mol. The van der Waals surface area contributed by atoms with Gasteiger partial charge in [0.05, 0.1) is 26.4 Å². The molecule has 0 bridgehead atoms. The SMILES string of the molecule is C=CCO[Si](C)(C)CC[Si]1(C)O[Si](C)(CC[Si](C)(C)OCC=C)O[Si](C)(CC[Si](C)(C)OCC=C)O[Si](C)(CC[Si](C)(C)OCC=C)O1. The van der Waals surface area contributed by atoms with Crippen LogP contribution < -0.4 is 0 Å². The molecule has 0 spiro atoms. The molecule has 1 rings (SSSR count). The fourth-order valence-corrected chi connectivity index (χ4v) is 45.7. The first-order chi connectivity index (χ1) is 21.9. The van der Waals surface area contributed by atoms with Gasteiger partial charge in [-0.2, -0.15) is 0 Å². The molecule has 0 amide bonds. The van der Waals surface area contributed by atoms with Gasteiger partial charge in [-0.3, -0.25) is 0 Å². The van der Waals surface area contributed by atoms with E-state index in [2.05, 4.69) is 105 Å². The van der Waals surface area contributed by atoms with Gasteiger partial charge in [0.25, 0.3) is 0 Å². The summed E-state index contributed by atoms with van der Waals surface area (Å²) in [7, 11) is -19.1. The topological polar surface area (TPSA) is 73.8 Å². The van der Waals surface area contributed by atoms with Gasteiger partial charge in [0, 0.05) is 0 Å². The fraction of sp³-hybridized carbons (Fsp3) is 0.750. The van der Waals surface area contributed by atoms with Gasteiger partial charge in [0.1, 0.15) is 0 Å². The van der Waals surface area contributed by atoms with Crippen molar-refractivity contribution in [3.63, 3.8) is 0 Å². The summed E-state index contributed by atoms with van der Waals surface area (Å²) >= 11 is 0. The van der Waals surface area contributed by atoms with Crippen LogP contribution in [0.25, 0.3) is 0 Å².